The summed E-state index contributed by atoms with van der Waals surface area (Å²) < 4.78 is 5.76. The zero-order valence-corrected chi connectivity index (χ0v) is 13.0. The van der Waals surface area contributed by atoms with E-state index in [9.17, 15) is 4.79 Å². The van der Waals surface area contributed by atoms with E-state index in [2.05, 4.69) is 10.6 Å². The third kappa shape index (κ3) is 6.22. The Bertz CT molecular complexity index is 298. The van der Waals surface area contributed by atoms with Crippen molar-refractivity contribution in [3.63, 3.8) is 0 Å². The molecule has 5 heteroatoms. The van der Waals surface area contributed by atoms with Gasteiger partial charge in [-0.25, -0.2) is 4.79 Å². The second kappa shape index (κ2) is 9.26. The second-order valence-corrected chi connectivity index (χ2v) is 6.43. The van der Waals surface area contributed by atoms with Crippen molar-refractivity contribution >= 4 is 6.03 Å². The number of aliphatic hydroxyl groups is 1. The van der Waals surface area contributed by atoms with Crippen LogP contribution in [0.25, 0.3) is 0 Å². The molecule has 2 aliphatic carbocycles. The van der Waals surface area contributed by atoms with Crippen LogP contribution in [0.5, 0.6) is 0 Å². The van der Waals surface area contributed by atoms with Crippen LogP contribution in [0.1, 0.15) is 57.8 Å². The first-order chi connectivity index (χ1) is 10.3. The lowest BCUT2D eigenvalue weighted by Gasteiger charge is -2.27. The van der Waals surface area contributed by atoms with Gasteiger partial charge in [0.1, 0.15) is 0 Å². The predicted octanol–water partition coefficient (Wildman–Crippen LogP) is 2.19. The average Bonchev–Trinajstić information content (AvgIpc) is 3.01. The van der Waals surface area contributed by atoms with Crippen molar-refractivity contribution < 1.29 is 14.6 Å². The van der Waals surface area contributed by atoms with Crippen molar-refractivity contribution in [3.8, 4) is 0 Å². The molecular weight excluding hydrogens is 268 g/mol. The first-order valence-electron chi connectivity index (χ1n) is 8.54. The average molecular weight is 298 g/mol. The fourth-order valence-corrected chi connectivity index (χ4v) is 3.30. The number of amides is 2. The van der Waals surface area contributed by atoms with Crippen LogP contribution >= 0.6 is 0 Å². The maximum Gasteiger partial charge on any atom is 0.315 e. The van der Waals surface area contributed by atoms with E-state index in [4.69, 9.17) is 9.84 Å². The van der Waals surface area contributed by atoms with E-state index >= 15 is 0 Å². The van der Waals surface area contributed by atoms with E-state index < -0.39 is 0 Å². The number of ether oxygens (including phenoxy) is 1. The quantitative estimate of drug-likeness (QED) is 0.631. The van der Waals surface area contributed by atoms with Crippen LogP contribution in [0.2, 0.25) is 0 Å². The highest BCUT2D eigenvalue weighted by Gasteiger charge is 2.21. The summed E-state index contributed by atoms with van der Waals surface area (Å²) in [7, 11) is 0. The fraction of sp³-hybridized carbons (Fsp3) is 0.938. The molecule has 2 amide bonds. The molecule has 0 aliphatic heterocycles. The number of carbonyl (C=O) groups is 1. The van der Waals surface area contributed by atoms with Crippen molar-refractivity contribution in [1.82, 2.24) is 10.6 Å². The summed E-state index contributed by atoms with van der Waals surface area (Å²) in [6.45, 7) is 1.69. The minimum absolute atomic E-state index is 0.0664. The lowest BCUT2D eigenvalue weighted by atomic mass is 9.87. The number of hydrogen-bond acceptors (Lipinski definition) is 3. The Hall–Kier alpha value is -0.810. The number of carbonyl (C=O) groups excluding carboxylic acids is 1. The van der Waals surface area contributed by atoms with Crippen LogP contribution in [-0.4, -0.2) is 43.0 Å². The highest BCUT2D eigenvalue weighted by Crippen LogP contribution is 2.23. The third-order valence-corrected chi connectivity index (χ3v) is 4.70. The topological polar surface area (TPSA) is 70.6 Å². The normalized spacial score (nSPS) is 26.7. The van der Waals surface area contributed by atoms with Gasteiger partial charge in [0.2, 0.25) is 0 Å². The molecule has 0 heterocycles. The predicted molar refractivity (Wildman–Crippen MR) is 82.2 cm³/mol. The number of nitrogens with one attached hydrogen (secondary N) is 2. The van der Waals surface area contributed by atoms with E-state index in [0.717, 1.165) is 38.7 Å². The molecular formula is C16H30N2O3. The minimum Gasteiger partial charge on any atom is -0.396 e. The Labute approximate surface area is 127 Å². The van der Waals surface area contributed by atoms with Gasteiger partial charge in [0.15, 0.2) is 0 Å². The van der Waals surface area contributed by atoms with E-state index in [1.165, 1.54) is 25.7 Å². The van der Waals surface area contributed by atoms with Crippen molar-refractivity contribution in [2.75, 3.05) is 19.8 Å². The van der Waals surface area contributed by atoms with Crippen molar-refractivity contribution in [2.24, 2.45) is 5.92 Å². The third-order valence-electron chi connectivity index (χ3n) is 4.70. The Morgan fingerprint density at radius 2 is 1.81 bits per heavy atom. The van der Waals surface area contributed by atoms with Gasteiger partial charge in [-0.05, 0) is 50.9 Å². The largest absolute Gasteiger partial charge is 0.396 e. The van der Waals surface area contributed by atoms with Crippen LogP contribution in [0, 0.1) is 5.92 Å². The highest BCUT2D eigenvalue weighted by molar-refractivity contribution is 5.74. The van der Waals surface area contributed by atoms with Crippen LogP contribution in [0.15, 0.2) is 0 Å². The molecule has 0 atom stereocenters. The van der Waals surface area contributed by atoms with Gasteiger partial charge < -0.3 is 20.5 Å². The summed E-state index contributed by atoms with van der Waals surface area (Å²) in [4.78, 5) is 11.8. The molecule has 21 heavy (non-hydrogen) atoms. The Balaban J connectivity index is 1.46. The van der Waals surface area contributed by atoms with Crippen LogP contribution in [0.4, 0.5) is 4.79 Å². The van der Waals surface area contributed by atoms with Gasteiger partial charge in [-0.1, -0.05) is 12.8 Å². The maximum absolute atomic E-state index is 11.8. The van der Waals surface area contributed by atoms with Crippen LogP contribution in [-0.2, 0) is 4.74 Å². The summed E-state index contributed by atoms with van der Waals surface area (Å²) in [5.74, 6) is 0.429. The molecule has 0 spiro atoms. The number of aliphatic hydroxyl groups excluding tert-OH is 1. The van der Waals surface area contributed by atoms with E-state index in [0.29, 0.717) is 18.6 Å². The molecule has 0 saturated heterocycles. The van der Waals surface area contributed by atoms with Crippen molar-refractivity contribution in [2.45, 2.75) is 69.9 Å². The van der Waals surface area contributed by atoms with E-state index in [1.807, 2.05) is 0 Å². The molecule has 5 nitrogen and oxygen atoms in total. The number of hydrogen-bond donors (Lipinski definition) is 3. The Morgan fingerprint density at radius 1 is 1.10 bits per heavy atom. The first kappa shape index (κ1) is 16.6. The zero-order valence-electron chi connectivity index (χ0n) is 13.0. The lowest BCUT2D eigenvalue weighted by Crippen LogP contribution is -2.44. The summed E-state index contributed by atoms with van der Waals surface area (Å²) in [6.07, 6.45) is 10.3. The monoisotopic (exact) mass is 298 g/mol. The molecule has 0 radical (unpaired) electrons. The summed E-state index contributed by atoms with van der Waals surface area (Å²) in [6, 6.07) is 0.200. The van der Waals surface area contributed by atoms with Gasteiger partial charge in [-0.2, -0.15) is 0 Å². The lowest BCUT2D eigenvalue weighted by molar-refractivity contribution is 0.0572. The molecule has 3 N–H and O–H groups in total. The van der Waals surface area contributed by atoms with E-state index in [-0.39, 0.29) is 18.7 Å². The van der Waals surface area contributed by atoms with Gasteiger partial charge >= 0.3 is 6.03 Å². The standard InChI is InChI=1S/C16H30N2O3/c19-12-13-6-8-14(9-7-13)18-16(20)17-10-3-11-21-15-4-1-2-5-15/h13-15,19H,1-12H2,(H2,17,18,20). The molecule has 0 aromatic heterocycles. The highest BCUT2D eigenvalue weighted by atomic mass is 16.5. The minimum atomic E-state index is -0.0664. The van der Waals surface area contributed by atoms with Crippen LogP contribution in [0.3, 0.4) is 0 Å². The Kier molecular flexibility index (Phi) is 7.30. The second-order valence-electron chi connectivity index (χ2n) is 6.43. The van der Waals surface area contributed by atoms with Crippen LogP contribution < -0.4 is 10.6 Å². The molecule has 2 aliphatic rings. The van der Waals surface area contributed by atoms with Gasteiger partial charge in [-0.3, -0.25) is 0 Å². The van der Waals surface area contributed by atoms with Gasteiger partial charge in [0.05, 0.1) is 6.10 Å². The van der Waals surface area contributed by atoms with Gasteiger partial charge in [0, 0.05) is 25.8 Å². The summed E-state index contributed by atoms with van der Waals surface area (Å²) in [5, 5.41) is 15.0. The molecule has 2 saturated carbocycles. The molecule has 2 fully saturated rings. The smallest absolute Gasteiger partial charge is 0.315 e. The fourth-order valence-electron chi connectivity index (χ4n) is 3.30. The Morgan fingerprint density at radius 3 is 2.48 bits per heavy atom. The summed E-state index contributed by atoms with van der Waals surface area (Å²) in [5.41, 5.74) is 0. The molecule has 0 aromatic carbocycles. The molecule has 0 unspecified atom stereocenters. The van der Waals surface area contributed by atoms with Gasteiger partial charge in [0.25, 0.3) is 0 Å². The first-order valence-corrected chi connectivity index (χ1v) is 8.54. The molecule has 0 bridgehead atoms. The van der Waals surface area contributed by atoms with Crippen molar-refractivity contribution in [3.05, 3.63) is 0 Å². The number of urea groups is 1. The SMILES string of the molecule is O=C(NCCCOC1CCCC1)NC1CCC(CO)CC1. The number of rotatable bonds is 7. The summed E-state index contributed by atoms with van der Waals surface area (Å²) >= 11 is 0. The van der Waals surface area contributed by atoms with E-state index in [1.54, 1.807) is 0 Å². The van der Waals surface area contributed by atoms with Crippen molar-refractivity contribution in [1.29, 1.82) is 0 Å². The molecule has 0 aromatic rings. The molecule has 2 rings (SSSR count). The zero-order chi connectivity index (χ0) is 14.9. The maximum atomic E-state index is 11.8. The molecule has 122 valence electrons. The van der Waals surface area contributed by atoms with Gasteiger partial charge in [-0.15, -0.1) is 0 Å².